The van der Waals surface area contributed by atoms with Gasteiger partial charge in [-0.1, -0.05) is 48.5 Å². The molecule has 8 nitrogen and oxygen atoms in total. The molecule has 2 aromatic carbocycles. The number of piperidine rings is 1. The first-order valence-electron chi connectivity index (χ1n) is 11.8. The Morgan fingerprint density at radius 2 is 1.59 bits per heavy atom. The van der Waals surface area contributed by atoms with E-state index in [2.05, 4.69) is 15.5 Å². The number of nitrogens with zero attached hydrogens (tertiary/aromatic N) is 4. The highest BCUT2D eigenvalue weighted by atomic mass is 19.4. The predicted molar refractivity (Wildman–Crippen MR) is 131 cm³/mol. The first-order chi connectivity index (χ1) is 17.7. The van der Waals surface area contributed by atoms with E-state index in [1.54, 1.807) is 48.5 Å². The van der Waals surface area contributed by atoms with E-state index in [0.717, 1.165) is 4.90 Å². The molecule has 0 radical (unpaired) electrons. The number of aliphatic hydroxyl groups excluding tert-OH is 1. The van der Waals surface area contributed by atoms with Crippen LogP contribution < -0.4 is 15.1 Å². The molecule has 1 unspecified atom stereocenters. The lowest BCUT2D eigenvalue weighted by molar-refractivity contribution is -0.171. The number of rotatable bonds is 7. The lowest BCUT2D eigenvalue weighted by Gasteiger charge is -2.39. The molecule has 194 valence electrons. The summed E-state index contributed by atoms with van der Waals surface area (Å²) >= 11 is 0. The van der Waals surface area contributed by atoms with E-state index in [1.807, 2.05) is 11.0 Å². The lowest BCUT2D eigenvalue weighted by atomic mass is 10.0. The zero-order valence-electron chi connectivity index (χ0n) is 19.8. The first kappa shape index (κ1) is 26.1. The van der Waals surface area contributed by atoms with Crippen LogP contribution in [0.2, 0.25) is 0 Å². The molecular weight excluding hydrogens is 487 g/mol. The van der Waals surface area contributed by atoms with Crippen LogP contribution in [0.1, 0.15) is 35.0 Å². The highest BCUT2D eigenvalue weighted by Crippen LogP contribution is 2.30. The SMILES string of the molecule is O=C(NCC(O)c1ccccc1)c1ccc(N2CCC(N(C(=O)C(F)(F)F)c3ccccc3)CC2)nn1. The number of amides is 2. The zero-order valence-corrected chi connectivity index (χ0v) is 19.8. The van der Waals surface area contributed by atoms with Gasteiger partial charge < -0.3 is 20.2 Å². The van der Waals surface area contributed by atoms with Crippen molar-refractivity contribution < 1.29 is 27.9 Å². The number of aromatic nitrogens is 2. The number of hydrogen-bond acceptors (Lipinski definition) is 6. The molecule has 1 aromatic heterocycles. The first-order valence-corrected chi connectivity index (χ1v) is 11.8. The van der Waals surface area contributed by atoms with Gasteiger partial charge in [-0.3, -0.25) is 9.59 Å². The van der Waals surface area contributed by atoms with Gasteiger partial charge in [-0.25, -0.2) is 0 Å². The molecule has 37 heavy (non-hydrogen) atoms. The van der Waals surface area contributed by atoms with E-state index in [-0.39, 0.29) is 17.9 Å². The number of benzene rings is 2. The fourth-order valence-corrected chi connectivity index (χ4v) is 4.26. The molecule has 2 N–H and O–H groups in total. The maximum atomic E-state index is 13.3. The Balaban J connectivity index is 1.35. The van der Waals surface area contributed by atoms with Gasteiger partial charge in [0.1, 0.15) is 0 Å². The molecule has 1 saturated heterocycles. The Hall–Kier alpha value is -3.99. The summed E-state index contributed by atoms with van der Waals surface area (Å²) in [6.07, 6.45) is -5.24. The van der Waals surface area contributed by atoms with Crippen molar-refractivity contribution in [2.24, 2.45) is 0 Å². The molecule has 3 aromatic rings. The summed E-state index contributed by atoms with van der Waals surface area (Å²) in [4.78, 5) is 27.3. The third-order valence-electron chi connectivity index (χ3n) is 6.17. The number of carbonyl (C=O) groups excluding carboxylic acids is 2. The minimum atomic E-state index is -4.98. The van der Waals surface area contributed by atoms with E-state index >= 15 is 0 Å². The molecule has 1 atom stereocenters. The molecule has 1 aliphatic heterocycles. The average Bonchev–Trinajstić information content (AvgIpc) is 2.92. The van der Waals surface area contributed by atoms with Crippen molar-refractivity contribution in [3.05, 3.63) is 84.1 Å². The van der Waals surface area contributed by atoms with Crippen LogP contribution in [0.5, 0.6) is 0 Å². The average molecular weight is 514 g/mol. The summed E-state index contributed by atoms with van der Waals surface area (Å²) in [7, 11) is 0. The second kappa shape index (κ2) is 11.4. The molecule has 0 spiro atoms. The minimum absolute atomic E-state index is 0.00829. The predicted octanol–water partition coefficient (Wildman–Crippen LogP) is 3.50. The van der Waals surface area contributed by atoms with E-state index in [4.69, 9.17) is 0 Å². The zero-order chi connectivity index (χ0) is 26.4. The van der Waals surface area contributed by atoms with Crippen molar-refractivity contribution >= 4 is 23.3 Å². The largest absolute Gasteiger partial charge is 0.471 e. The van der Waals surface area contributed by atoms with Crippen LogP contribution in [-0.4, -0.2) is 59.0 Å². The van der Waals surface area contributed by atoms with Crippen LogP contribution in [0.3, 0.4) is 0 Å². The maximum Gasteiger partial charge on any atom is 0.471 e. The van der Waals surface area contributed by atoms with Gasteiger partial charge in [0.05, 0.1) is 6.10 Å². The number of alkyl halides is 3. The Kier molecular flexibility index (Phi) is 8.02. The van der Waals surface area contributed by atoms with E-state index in [9.17, 15) is 27.9 Å². The monoisotopic (exact) mass is 513 g/mol. The van der Waals surface area contributed by atoms with Crippen LogP contribution in [0.25, 0.3) is 0 Å². The molecule has 0 saturated carbocycles. The van der Waals surface area contributed by atoms with Gasteiger partial charge in [-0.2, -0.15) is 13.2 Å². The van der Waals surface area contributed by atoms with Gasteiger partial charge in [-0.05, 0) is 42.7 Å². The number of aliphatic hydroxyl groups is 1. The molecule has 0 aliphatic carbocycles. The molecule has 1 fully saturated rings. The number of anilines is 2. The van der Waals surface area contributed by atoms with Crippen LogP contribution in [0.15, 0.2) is 72.8 Å². The second-order valence-electron chi connectivity index (χ2n) is 8.64. The van der Waals surface area contributed by atoms with Crippen molar-refractivity contribution in [1.82, 2.24) is 15.5 Å². The molecular formula is C26H26F3N5O3. The number of carbonyl (C=O) groups is 2. The van der Waals surface area contributed by atoms with E-state index in [1.165, 1.54) is 18.2 Å². The molecule has 2 amide bonds. The third-order valence-corrected chi connectivity index (χ3v) is 6.17. The van der Waals surface area contributed by atoms with Crippen LogP contribution in [0, 0.1) is 0 Å². The van der Waals surface area contributed by atoms with Crippen LogP contribution >= 0.6 is 0 Å². The van der Waals surface area contributed by atoms with Crippen LogP contribution in [-0.2, 0) is 4.79 Å². The fraction of sp³-hybridized carbons (Fsp3) is 0.308. The maximum absolute atomic E-state index is 13.3. The summed E-state index contributed by atoms with van der Waals surface area (Å²) < 4.78 is 39.9. The molecule has 2 heterocycles. The van der Waals surface area contributed by atoms with Crippen molar-refractivity contribution in [3.63, 3.8) is 0 Å². The second-order valence-corrected chi connectivity index (χ2v) is 8.64. The van der Waals surface area contributed by atoms with Gasteiger partial charge >= 0.3 is 12.1 Å². The highest BCUT2D eigenvalue weighted by molar-refractivity contribution is 5.98. The Bertz CT molecular complexity index is 1190. The summed E-state index contributed by atoms with van der Waals surface area (Å²) in [5.74, 6) is -1.89. The van der Waals surface area contributed by atoms with Crippen LogP contribution in [0.4, 0.5) is 24.7 Å². The number of halogens is 3. The van der Waals surface area contributed by atoms with Gasteiger partial charge in [-0.15, -0.1) is 10.2 Å². The Morgan fingerprint density at radius 1 is 0.973 bits per heavy atom. The summed E-state index contributed by atoms with van der Waals surface area (Å²) in [6.45, 7) is 0.736. The minimum Gasteiger partial charge on any atom is -0.387 e. The molecule has 1 aliphatic rings. The van der Waals surface area contributed by atoms with Crippen molar-refractivity contribution in [2.75, 3.05) is 29.4 Å². The Labute approximate surface area is 211 Å². The lowest BCUT2D eigenvalue weighted by Crippen LogP contribution is -2.52. The van der Waals surface area contributed by atoms with Crippen molar-refractivity contribution in [1.29, 1.82) is 0 Å². The van der Waals surface area contributed by atoms with Crippen molar-refractivity contribution in [2.45, 2.75) is 31.2 Å². The topological polar surface area (TPSA) is 98.7 Å². The normalized spacial score (nSPS) is 15.2. The molecule has 4 rings (SSSR count). The summed E-state index contributed by atoms with van der Waals surface area (Å²) in [6, 6.07) is 19.3. The van der Waals surface area contributed by atoms with Crippen molar-refractivity contribution in [3.8, 4) is 0 Å². The summed E-state index contributed by atoms with van der Waals surface area (Å²) in [5.41, 5.74) is 0.955. The molecule has 11 heteroatoms. The van der Waals surface area contributed by atoms with Gasteiger partial charge in [0.2, 0.25) is 0 Å². The van der Waals surface area contributed by atoms with Gasteiger partial charge in [0.15, 0.2) is 11.5 Å². The van der Waals surface area contributed by atoms with Gasteiger partial charge in [0, 0.05) is 31.4 Å². The third kappa shape index (κ3) is 6.42. The van der Waals surface area contributed by atoms with E-state index in [0.29, 0.717) is 37.3 Å². The Morgan fingerprint density at radius 3 is 2.16 bits per heavy atom. The van der Waals surface area contributed by atoms with E-state index < -0.39 is 30.1 Å². The van der Waals surface area contributed by atoms with Gasteiger partial charge in [0.25, 0.3) is 5.91 Å². The fourth-order valence-electron chi connectivity index (χ4n) is 4.26. The smallest absolute Gasteiger partial charge is 0.387 e. The molecule has 0 bridgehead atoms. The summed E-state index contributed by atoms with van der Waals surface area (Å²) in [5, 5.41) is 20.9. The quantitative estimate of drug-likeness (QED) is 0.502. The number of hydrogen-bond donors (Lipinski definition) is 2. The number of para-hydroxylation sites is 1. The number of nitrogens with one attached hydrogen (secondary N) is 1. The highest BCUT2D eigenvalue weighted by Gasteiger charge is 2.45. The standard InChI is InChI=1S/C26H26F3N5O3/c27-26(28,29)25(37)34(19-9-5-2-6-10-19)20-13-15-33(16-14-20)23-12-11-21(31-32-23)24(36)30-17-22(35)18-7-3-1-4-8-18/h1-12,20,22,35H,13-17H2,(H,30,36).